The van der Waals surface area contributed by atoms with Crippen LogP contribution in [0.15, 0.2) is 47.9 Å². The van der Waals surface area contributed by atoms with Crippen LogP contribution in [-0.4, -0.2) is 23.0 Å². The summed E-state index contributed by atoms with van der Waals surface area (Å²) in [5.41, 5.74) is 1.69. The lowest BCUT2D eigenvalue weighted by molar-refractivity contribution is 0.0600. The van der Waals surface area contributed by atoms with Gasteiger partial charge in [0.25, 0.3) is 0 Å². The van der Waals surface area contributed by atoms with Gasteiger partial charge in [-0.05, 0) is 23.8 Å². The molecular formula is C13H12N2O2S. The molecule has 0 radical (unpaired) electrons. The van der Waals surface area contributed by atoms with Crippen molar-refractivity contribution in [2.45, 2.75) is 10.8 Å². The third kappa shape index (κ3) is 3.30. The first-order valence-corrected chi connectivity index (χ1v) is 6.34. The largest absolute Gasteiger partial charge is 0.465 e. The number of ether oxygens (including phenoxy) is 1. The minimum absolute atomic E-state index is 0.315. The van der Waals surface area contributed by atoms with E-state index in [0.717, 1.165) is 16.3 Å². The maximum absolute atomic E-state index is 11.3. The van der Waals surface area contributed by atoms with E-state index in [1.807, 2.05) is 18.2 Å². The molecule has 0 aliphatic carbocycles. The van der Waals surface area contributed by atoms with Crippen LogP contribution in [0.4, 0.5) is 0 Å². The summed E-state index contributed by atoms with van der Waals surface area (Å²) in [5.74, 6) is 0.489. The third-order valence-corrected chi connectivity index (χ3v) is 3.33. The van der Waals surface area contributed by atoms with Crippen molar-refractivity contribution in [3.05, 3.63) is 54.0 Å². The van der Waals surface area contributed by atoms with Crippen LogP contribution in [0.1, 0.15) is 15.9 Å². The van der Waals surface area contributed by atoms with Crippen LogP contribution in [0.25, 0.3) is 0 Å². The zero-order chi connectivity index (χ0) is 12.8. The number of esters is 1. The molecule has 4 nitrogen and oxygen atoms in total. The quantitative estimate of drug-likeness (QED) is 0.480. The minimum atomic E-state index is -0.315. The molecule has 2 rings (SSSR count). The molecule has 0 fully saturated rings. The standard InChI is InChI=1S/C13H12N2O2S/c1-17-13(16)11-4-2-10(3-5-11)8-18-12-6-7-14-9-15-12/h2-7,9H,8H2,1H3. The van der Waals surface area contributed by atoms with Gasteiger partial charge < -0.3 is 4.74 Å². The number of rotatable bonds is 4. The third-order valence-electron chi connectivity index (χ3n) is 2.32. The van der Waals surface area contributed by atoms with Crippen LogP contribution in [0, 0.1) is 0 Å². The van der Waals surface area contributed by atoms with Crippen molar-refractivity contribution in [2.24, 2.45) is 0 Å². The Morgan fingerprint density at radius 1 is 1.28 bits per heavy atom. The molecule has 1 heterocycles. The Balaban J connectivity index is 1.97. The summed E-state index contributed by atoms with van der Waals surface area (Å²) in [4.78, 5) is 19.3. The fraction of sp³-hybridized carbons (Fsp3) is 0.154. The van der Waals surface area contributed by atoms with Gasteiger partial charge in [0.15, 0.2) is 0 Å². The van der Waals surface area contributed by atoms with Crippen molar-refractivity contribution in [3.63, 3.8) is 0 Å². The van der Waals surface area contributed by atoms with Crippen LogP contribution in [0.2, 0.25) is 0 Å². The number of methoxy groups -OCH3 is 1. The van der Waals surface area contributed by atoms with Gasteiger partial charge in [-0.15, -0.1) is 11.8 Å². The van der Waals surface area contributed by atoms with E-state index in [2.05, 4.69) is 14.7 Å². The molecule has 0 aliphatic heterocycles. The van der Waals surface area contributed by atoms with E-state index in [4.69, 9.17) is 0 Å². The number of hydrogen-bond donors (Lipinski definition) is 0. The van der Waals surface area contributed by atoms with Gasteiger partial charge in [-0.2, -0.15) is 0 Å². The van der Waals surface area contributed by atoms with Crippen LogP contribution >= 0.6 is 11.8 Å². The smallest absolute Gasteiger partial charge is 0.337 e. The molecule has 0 spiro atoms. The first kappa shape index (κ1) is 12.6. The lowest BCUT2D eigenvalue weighted by atomic mass is 10.1. The van der Waals surface area contributed by atoms with E-state index in [-0.39, 0.29) is 5.97 Å². The monoisotopic (exact) mass is 260 g/mol. The summed E-state index contributed by atoms with van der Waals surface area (Å²) in [6.45, 7) is 0. The summed E-state index contributed by atoms with van der Waals surface area (Å²) < 4.78 is 4.64. The first-order chi connectivity index (χ1) is 8.79. The number of nitrogens with zero attached hydrogens (tertiary/aromatic N) is 2. The summed E-state index contributed by atoms with van der Waals surface area (Å²) in [7, 11) is 1.38. The van der Waals surface area contributed by atoms with Gasteiger partial charge in [-0.3, -0.25) is 0 Å². The molecule has 92 valence electrons. The Kier molecular flexibility index (Phi) is 4.30. The van der Waals surface area contributed by atoms with Crippen molar-refractivity contribution < 1.29 is 9.53 Å². The van der Waals surface area contributed by atoms with Crippen molar-refractivity contribution in [3.8, 4) is 0 Å². The van der Waals surface area contributed by atoms with Crippen LogP contribution in [-0.2, 0) is 10.5 Å². The summed E-state index contributed by atoms with van der Waals surface area (Å²) in [5, 5.41) is 0.932. The Morgan fingerprint density at radius 3 is 2.67 bits per heavy atom. The fourth-order valence-electron chi connectivity index (χ4n) is 1.38. The molecule has 0 saturated heterocycles. The normalized spacial score (nSPS) is 10.1. The van der Waals surface area contributed by atoms with Crippen LogP contribution in [0.5, 0.6) is 0 Å². The van der Waals surface area contributed by atoms with Crippen LogP contribution in [0.3, 0.4) is 0 Å². The molecule has 0 saturated carbocycles. The molecule has 0 amide bonds. The van der Waals surface area contributed by atoms with Gasteiger partial charge in [0.05, 0.1) is 17.7 Å². The van der Waals surface area contributed by atoms with Crippen molar-refractivity contribution in [1.29, 1.82) is 0 Å². The van der Waals surface area contributed by atoms with E-state index >= 15 is 0 Å². The predicted octanol–water partition coefficient (Wildman–Crippen LogP) is 2.56. The summed E-state index contributed by atoms with van der Waals surface area (Å²) in [6, 6.07) is 9.23. The van der Waals surface area contributed by atoms with Gasteiger partial charge in [0.2, 0.25) is 0 Å². The Hall–Kier alpha value is -1.88. The molecule has 0 atom stereocenters. The lowest BCUT2D eigenvalue weighted by Crippen LogP contribution is -2.00. The average Bonchev–Trinajstić information content (AvgIpc) is 2.46. The molecular weight excluding hydrogens is 248 g/mol. The fourth-order valence-corrected chi connectivity index (χ4v) is 2.16. The van der Waals surface area contributed by atoms with Gasteiger partial charge in [-0.25, -0.2) is 14.8 Å². The van der Waals surface area contributed by atoms with E-state index in [9.17, 15) is 4.79 Å². The molecule has 0 bridgehead atoms. The van der Waals surface area contributed by atoms with Gasteiger partial charge >= 0.3 is 5.97 Å². The topological polar surface area (TPSA) is 52.1 Å². The van der Waals surface area contributed by atoms with E-state index in [1.54, 1.807) is 30.1 Å². The highest BCUT2D eigenvalue weighted by atomic mass is 32.2. The molecule has 2 aromatic rings. The molecule has 5 heteroatoms. The summed E-state index contributed by atoms with van der Waals surface area (Å²) >= 11 is 1.63. The number of carbonyl (C=O) groups excluding carboxylic acids is 1. The van der Waals surface area contributed by atoms with E-state index in [1.165, 1.54) is 13.4 Å². The number of carbonyl (C=O) groups is 1. The van der Waals surface area contributed by atoms with Crippen molar-refractivity contribution >= 4 is 17.7 Å². The van der Waals surface area contributed by atoms with Crippen molar-refractivity contribution in [2.75, 3.05) is 7.11 Å². The zero-order valence-corrected chi connectivity index (χ0v) is 10.7. The highest BCUT2D eigenvalue weighted by molar-refractivity contribution is 7.98. The molecule has 1 aromatic carbocycles. The number of hydrogen-bond acceptors (Lipinski definition) is 5. The SMILES string of the molecule is COC(=O)c1ccc(CSc2ccncn2)cc1. The average molecular weight is 260 g/mol. The maximum Gasteiger partial charge on any atom is 0.337 e. The number of benzene rings is 1. The highest BCUT2D eigenvalue weighted by Crippen LogP contribution is 2.20. The lowest BCUT2D eigenvalue weighted by Gasteiger charge is -2.02. The van der Waals surface area contributed by atoms with Gasteiger partial charge in [0.1, 0.15) is 6.33 Å². The zero-order valence-electron chi connectivity index (χ0n) is 9.87. The molecule has 0 aliphatic rings. The number of aromatic nitrogens is 2. The minimum Gasteiger partial charge on any atom is -0.465 e. The summed E-state index contributed by atoms with van der Waals surface area (Å²) in [6.07, 6.45) is 3.25. The highest BCUT2D eigenvalue weighted by Gasteiger charge is 2.04. The Bertz CT molecular complexity index is 514. The van der Waals surface area contributed by atoms with Crippen molar-refractivity contribution in [1.82, 2.24) is 9.97 Å². The molecule has 1 aromatic heterocycles. The molecule has 0 N–H and O–H groups in total. The second-order valence-corrected chi connectivity index (χ2v) is 4.52. The predicted molar refractivity (Wildman–Crippen MR) is 69.4 cm³/mol. The van der Waals surface area contributed by atoms with E-state index in [0.29, 0.717) is 5.56 Å². The number of thioether (sulfide) groups is 1. The second kappa shape index (κ2) is 6.16. The molecule has 18 heavy (non-hydrogen) atoms. The Labute approximate surface area is 109 Å². The van der Waals surface area contributed by atoms with Crippen LogP contribution < -0.4 is 0 Å². The molecule has 0 unspecified atom stereocenters. The van der Waals surface area contributed by atoms with Gasteiger partial charge in [0, 0.05) is 11.9 Å². The maximum atomic E-state index is 11.3. The van der Waals surface area contributed by atoms with E-state index < -0.39 is 0 Å². The first-order valence-electron chi connectivity index (χ1n) is 5.35. The Morgan fingerprint density at radius 2 is 2.06 bits per heavy atom. The second-order valence-electron chi connectivity index (χ2n) is 3.52. The van der Waals surface area contributed by atoms with Gasteiger partial charge in [-0.1, -0.05) is 12.1 Å².